The minimum absolute atomic E-state index is 0.0894. The van der Waals surface area contributed by atoms with Gasteiger partial charge < -0.3 is 15.2 Å². The van der Waals surface area contributed by atoms with Gasteiger partial charge in [-0.25, -0.2) is 0 Å². The molecule has 0 aliphatic carbocycles. The monoisotopic (exact) mass is 318 g/mol. The van der Waals surface area contributed by atoms with Crippen molar-refractivity contribution in [1.29, 1.82) is 0 Å². The van der Waals surface area contributed by atoms with Gasteiger partial charge in [-0.3, -0.25) is 9.69 Å². The van der Waals surface area contributed by atoms with Gasteiger partial charge in [0.25, 0.3) is 0 Å². The number of aliphatic hydroxyl groups is 1. The summed E-state index contributed by atoms with van der Waals surface area (Å²) in [5, 5.41) is 12.2. The number of rotatable bonds is 5. The first-order valence-corrected chi connectivity index (χ1v) is 8.45. The van der Waals surface area contributed by atoms with Crippen LogP contribution in [0.3, 0.4) is 0 Å². The maximum absolute atomic E-state index is 12.2. The normalized spacial score (nSPS) is 27.7. The molecule has 2 aliphatic rings. The van der Waals surface area contributed by atoms with E-state index in [0.717, 1.165) is 25.1 Å². The number of hydrogen-bond acceptors (Lipinski definition) is 4. The molecule has 0 unspecified atom stereocenters. The molecule has 2 heterocycles. The highest BCUT2D eigenvalue weighted by atomic mass is 16.5. The average Bonchev–Trinajstić information content (AvgIpc) is 2.91. The topological polar surface area (TPSA) is 61.8 Å². The van der Waals surface area contributed by atoms with E-state index in [1.807, 2.05) is 31.2 Å². The number of aliphatic hydroxyl groups excluding tert-OH is 1. The van der Waals surface area contributed by atoms with Crippen LogP contribution < -0.4 is 5.32 Å². The van der Waals surface area contributed by atoms with Crippen molar-refractivity contribution < 1.29 is 14.6 Å². The number of carbonyl (C=O) groups excluding carboxylic acids is 1. The molecule has 2 fully saturated rings. The number of aryl methyl sites for hydroxylation is 1. The Bertz CT molecular complexity index is 532. The molecule has 2 saturated heterocycles. The van der Waals surface area contributed by atoms with Gasteiger partial charge in [0.2, 0.25) is 5.91 Å². The van der Waals surface area contributed by atoms with E-state index >= 15 is 0 Å². The van der Waals surface area contributed by atoms with Crippen molar-refractivity contribution in [2.75, 3.05) is 26.3 Å². The van der Waals surface area contributed by atoms with Crippen LogP contribution in [0.15, 0.2) is 24.3 Å². The number of amides is 1. The molecule has 1 aromatic carbocycles. The van der Waals surface area contributed by atoms with E-state index in [1.165, 1.54) is 5.56 Å². The molecule has 0 radical (unpaired) electrons. The van der Waals surface area contributed by atoms with Crippen molar-refractivity contribution in [3.63, 3.8) is 0 Å². The predicted octanol–water partition coefficient (Wildman–Crippen LogP) is 0.878. The summed E-state index contributed by atoms with van der Waals surface area (Å²) in [6.07, 6.45) is 2.20. The van der Waals surface area contributed by atoms with Crippen molar-refractivity contribution in [2.24, 2.45) is 0 Å². The number of carbonyl (C=O) groups is 1. The van der Waals surface area contributed by atoms with Crippen LogP contribution in [-0.4, -0.2) is 60.4 Å². The number of morpholine rings is 1. The Morgan fingerprint density at radius 2 is 2.13 bits per heavy atom. The fourth-order valence-corrected chi connectivity index (χ4v) is 3.54. The van der Waals surface area contributed by atoms with E-state index in [9.17, 15) is 4.79 Å². The van der Waals surface area contributed by atoms with Gasteiger partial charge >= 0.3 is 0 Å². The lowest BCUT2D eigenvalue weighted by molar-refractivity contribution is -0.121. The van der Waals surface area contributed by atoms with E-state index in [-0.39, 0.29) is 24.7 Å². The molecule has 2 aliphatic heterocycles. The molecule has 0 saturated carbocycles. The zero-order valence-electron chi connectivity index (χ0n) is 13.7. The smallest absolute Gasteiger partial charge is 0.224 e. The highest BCUT2D eigenvalue weighted by Gasteiger charge is 2.37. The number of benzene rings is 1. The minimum Gasteiger partial charge on any atom is -0.396 e. The second-order valence-corrected chi connectivity index (χ2v) is 6.74. The summed E-state index contributed by atoms with van der Waals surface area (Å²) in [4.78, 5) is 14.6. The molecule has 2 N–H and O–H groups in total. The Labute approximate surface area is 137 Å². The lowest BCUT2D eigenvalue weighted by Gasteiger charge is -2.34. The number of ether oxygens (including phenoxy) is 1. The zero-order valence-corrected chi connectivity index (χ0v) is 13.7. The molecule has 0 aromatic heterocycles. The summed E-state index contributed by atoms with van der Waals surface area (Å²) in [6.45, 7) is 4.66. The molecule has 5 nitrogen and oxygen atoms in total. The summed E-state index contributed by atoms with van der Waals surface area (Å²) in [5.74, 6) is 0.0894. The zero-order chi connectivity index (χ0) is 16.2. The Kier molecular flexibility index (Phi) is 5.30. The van der Waals surface area contributed by atoms with E-state index in [4.69, 9.17) is 9.84 Å². The van der Waals surface area contributed by atoms with Gasteiger partial charge in [-0.15, -0.1) is 0 Å². The fraction of sp³-hybridized carbons (Fsp3) is 0.611. The molecule has 1 aromatic rings. The fourth-order valence-electron chi connectivity index (χ4n) is 3.54. The molecule has 1 amide bonds. The van der Waals surface area contributed by atoms with E-state index in [1.54, 1.807) is 0 Å². The maximum atomic E-state index is 12.2. The van der Waals surface area contributed by atoms with E-state index in [0.29, 0.717) is 25.5 Å². The van der Waals surface area contributed by atoms with Crippen LogP contribution >= 0.6 is 0 Å². The number of fused-ring (bicyclic) bond motifs is 1. The van der Waals surface area contributed by atoms with Crippen LogP contribution in [0.5, 0.6) is 0 Å². The van der Waals surface area contributed by atoms with Crippen LogP contribution in [0, 0.1) is 6.92 Å². The summed E-state index contributed by atoms with van der Waals surface area (Å²) in [6, 6.07) is 8.71. The standard InChI is InChI=1S/C18H26N2O3/c1-13-2-4-14(5-3-13)8-18(22)19-15-9-16-12-23-17(6-7-21)11-20(16)10-15/h2-5,15-17,21H,6-12H2,1H3,(H,19,22)/t15-,16+,17+/m1/s1. The third kappa shape index (κ3) is 4.31. The Morgan fingerprint density at radius 1 is 1.35 bits per heavy atom. The molecule has 0 spiro atoms. The van der Waals surface area contributed by atoms with Crippen LogP contribution in [0.25, 0.3) is 0 Å². The summed E-state index contributed by atoms with van der Waals surface area (Å²) in [5.41, 5.74) is 2.26. The highest BCUT2D eigenvalue weighted by Crippen LogP contribution is 2.24. The van der Waals surface area contributed by atoms with Gasteiger partial charge in [0.05, 0.1) is 19.1 Å². The highest BCUT2D eigenvalue weighted by molar-refractivity contribution is 5.78. The lowest BCUT2D eigenvalue weighted by atomic mass is 10.1. The largest absolute Gasteiger partial charge is 0.396 e. The third-order valence-corrected chi connectivity index (χ3v) is 4.79. The second-order valence-electron chi connectivity index (χ2n) is 6.74. The number of nitrogens with zero attached hydrogens (tertiary/aromatic N) is 1. The van der Waals surface area contributed by atoms with Crippen LogP contribution in [-0.2, 0) is 16.0 Å². The van der Waals surface area contributed by atoms with Crippen LogP contribution in [0.1, 0.15) is 24.0 Å². The first kappa shape index (κ1) is 16.4. The molecule has 0 bridgehead atoms. The molecular formula is C18H26N2O3. The van der Waals surface area contributed by atoms with Crippen molar-refractivity contribution in [1.82, 2.24) is 10.2 Å². The van der Waals surface area contributed by atoms with Crippen molar-refractivity contribution in [2.45, 2.75) is 44.4 Å². The van der Waals surface area contributed by atoms with Crippen LogP contribution in [0.4, 0.5) is 0 Å². The molecule has 3 atom stereocenters. The summed E-state index contributed by atoms with van der Waals surface area (Å²) in [7, 11) is 0. The second kappa shape index (κ2) is 7.43. The lowest BCUT2D eigenvalue weighted by Crippen LogP contribution is -2.46. The molecule has 5 heteroatoms. The van der Waals surface area contributed by atoms with Gasteiger partial charge in [-0.05, 0) is 25.3 Å². The number of nitrogens with one attached hydrogen (secondary N) is 1. The molecule has 3 rings (SSSR count). The van der Waals surface area contributed by atoms with Gasteiger partial charge in [0, 0.05) is 31.8 Å². The first-order valence-electron chi connectivity index (χ1n) is 8.45. The molecule has 23 heavy (non-hydrogen) atoms. The van der Waals surface area contributed by atoms with Crippen molar-refractivity contribution >= 4 is 5.91 Å². The van der Waals surface area contributed by atoms with E-state index < -0.39 is 0 Å². The Balaban J connectivity index is 1.48. The van der Waals surface area contributed by atoms with Crippen molar-refractivity contribution in [3.05, 3.63) is 35.4 Å². The Hall–Kier alpha value is -1.43. The maximum Gasteiger partial charge on any atom is 0.224 e. The molecular weight excluding hydrogens is 292 g/mol. The van der Waals surface area contributed by atoms with Crippen molar-refractivity contribution in [3.8, 4) is 0 Å². The van der Waals surface area contributed by atoms with Gasteiger partial charge in [0.15, 0.2) is 0 Å². The third-order valence-electron chi connectivity index (χ3n) is 4.79. The van der Waals surface area contributed by atoms with Gasteiger partial charge in [0.1, 0.15) is 0 Å². The SMILES string of the molecule is Cc1ccc(CC(=O)N[C@@H]2C[C@H]3CO[C@@H](CCO)CN3C2)cc1. The predicted molar refractivity (Wildman–Crippen MR) is 88.2 cm³/mol. The first-order chi connectivity index (χ1) is 11.1. The molecule has 126 valence electrons. The summed E-state index contributed by atoms with van der Waals surface area (Å²) < 4.78 is 5.78. The van der Waals surface area contributed by atoms with Crippen LogP contribution in [0.2, 0.25) is 0 Å². The quantitative estimate of drug-likeness (QED) is 0.846. The van der Waals surface area contributed by atoms with Gasteiger partial charge in [-0.2, -0.15) is 0 Å². The van der Waals surface area contributed by atoms with E-state index in [2.05, 4.69) is 10.2 Å². The summed E-state index contributed by atoms with van der Waals surface area (Å²) >= 11 is 0. The van der Waals surface area contributed by atoms with Gasteiger partial charge in [-0.1, -0.05) is 29.8 Å². The number of hydrogen-bond donors (Lipinski definition) is 2. The Morgan fingerprint density at radius 3 is 2.87 bits per heavy atom. The minimum atomic E-state index is 0.0894. The average molecular weight is 318 g/mol.